The highest BCUT2D eigenvalue weighted by molar-refractivity contribution is 5.53. The predicted molar refractivity (Wildman–Crippen MR) is 85.2 cm³/mol. The van der Waals surface area contributed by atoms with E-state index in [-0.39, 0.29) is 0 Å². The summed E-state index contributed by atoms with van der Waals surface area (Å²) < 4.78 is 5.63. The van der Waals surface area contributed by atoms with Crippen molar-refractivity contribution in [2.24, 2.45) is 0 Å². The van der Waals surface area contributed by atoms with Gasteiger partial charge in [0.2, 0.25) is 0 Å². The van der Waals surface area contributed by atoms with Crippen molar-refractivity contribution in [2.75, 3.05) is 56.6 Å². The lowest BCUT2D eigenvalue weighted by Crippen LogP contribution is -2.47. The van der Waals surface area contributed by atoms with Crippen molar-refractivity contribution >= 4 is 11.4 Å². The summed E-state index contributed by atoms with van der Waals surface area (Å²) in [5.74, 6) is 0. The molecule has 0 radical (unpaired) electrons. The standard InChI is InChI=1S/C16H27N3O/c1-2-3-13-20-14-12-18-8-10-19(11-9-18)16-6-4-15(17)5-7-16/h4-7H,2-3,8-14,17H2,1H3. The first kappa shape index (κ1) is 15.1. The summed E-state index contributed by atoms with van der Waals surface area (Å²) in [7, 11) is 0. The first-order chi connectivity index (χ1) is 9.79. The van der Waals surface area contributed by atoms with Gasteiger partial charge < -0.3 is 15.4 Å². The number of benzene rings is 1. The van der Waals surface area contributed by atoms with E-state index in [0.29, 0.717) is 0 Å². The summed E-state index contributed by atoms with van der Waals surface area (Å²) in [5, 5.41) is 0. The fourth-order valence-corrected chi connectivity index (χ4v) is 2.46. The molecule has 20 heavy (non-hydrogen) atoms. The lowest BCUT2D eigenvalue weighted by Gasteiger charge is -2.36. The van der Waals surface area contributed by atoms with Gasteiger partial charge in [-0.15, -0.1) is 0 Å². The van der Waals surface area contributed by atoms with E-state index in [4.69, 9.17) is 10.5 Å². The van der Waals surface area contributed by atoms with Gasteiger partial charge in [0.1, 0.15) is 0 Å². The van der Waals surface area contributed by atoms with Gasteiger partial charge in [-0.2, -0.15) is 0 Å². The molecule has 4 nitrogen and oxygen atoms in total. The molecule has 1 fully saturated rings. The number of piperazine rings is 1. The fourth-order valence-electron chi connectivity index (χ4n) is 2.46. The Hall–Kier alpha value is -1.26. The Morgan fingerprint density at radius 1 is 1.05 bits per heavy atom. The second-order valence-corrected chi connectivity index (χ2v) is 5.39. The van der Waals surface area contributed by atoms with E-state index < -0.39 is 0 Å². The molecule has 0 aromatic heterocycles. The Morgan fingerprint density at radius 2 is 1.75 bits per heavy atom. The molecule has 0 bridgehead atoms. The number of rotatable bonds is 7. The number of unbranched alkanes of at least 4 members (excludes halogenated alkanes) is 1. The molecule has 1 aromatic rings. The molecule has 0 saturated carbocycles. The van der Waals surface area contributed by atoms with Crippen LogP contribution in [0.3, 0.4) is 0 Å². The number of anilines is 2. The zero-order valence-corrected chi connectivity index (χ0v) is 12.6. The molecular weight excluding hydrogens is 250 g/mol. The van der Waals surface area contributed by atoms with Gasteiger partial charge >= 0.3 is 0 Å². The minimum absolute atomic E-state index is 0.830. The van der Waals surface area contributed by atoms with Crippen molar-refractivity contribution < 1.29 is 4.74 Å². The summed E-state index contributed by atoms with van der Waals surface area (Å²) in [6.07, 6.45) is 2.38. The van der Waals surface area contributed by atoms with Gasteiger partial charge in [0.15, 0.2) is 0 Å². The summed E-state index contributed by atoms with van der Waals surface area (Å²) >= 11 is 0. The molecule has 0 aliphatic carbocycles. The normalized spacial score (nSPS) is 16.6. The molecule has 1 saturated heterocycles. The maximum absolute atomic E-state index is 5.73. The van der Waals surface area contributed by atoms with Crippen LogP contribution >= 0.6 is 0 Å². The van der Waals surface area contributed by atoms with E-state index >= 15 is 0 Å². The fraction of sp³-hybridized carbons (Fsp3) is 0.625. The van der Waals surface area contributed by atoms with Crippen molar-refractivity contribution in [1.29, 1.82) is 0 Å². The highest BCUT2D eigenvalue weighted by Crippen LogP contribution is 2.17. The molecule has 112 valence electrons. The van der Waals surface area contributed by atoms with E-state index in [9.17, 15) is 0 Å². The molecule has 1 aliphatic rings. The van der Waals surface area contributed by atoms with Gasteiger partial charge in [0.05, 0.1) is 6.61 Å². The van der Waals surface area contributed by atoms with Crippen molar-refractivity contribution in [1.82, 2.24) is 4.90 Å². The third kappa shape index (κ3) is 4.69. The van der Waals surface area contributed by atoms with E-state index in [0.717, 1.165) is 51.6 Å². The number of ether oxygens (including phenoxy) is 1. The van der Waals surface area contributed by atoms with E-state index in [2.05, 4.69) is 28.9 Å². The van der Waals surface area contributed by atoms with Crippen molar-refractivity contribution in [3.05, 3.63) is 24.3 Å². The molecule has 0 spiro atoms. The molecule has 2 rings (SSSR count). The zero-order chi connectivity index (χ0) is 14.2. The Morgan fingerprint density at radius 3 is 2.40 bits per heavy atom. The van der Waals surface area contributed by atoms with E-state index in [1.807, 2.05) is 12.1 Å². The van der Waals surface area contributed by atoms with Crippen LogP contribution in [0.5, 0.6) is 0 Å². The lowest BCUT2D eigenvalue weighted by atomic mass is 10.2. The number of nitrogens with zero attached hydrogens (tertiary/aromatic N) is 2. The van der Waals surface area contributed by atoms with Crippen LogP contribution in [0.1, 0.15) is 19.8 Å². The molecule has 0 atom stereocenters. The topological polar surface area (TPSA) is 41.7 Å². The molecule has 4 heteroatoms. The largest absolute Gasteiger partial charge is 0.399 e. The zero-order valence-electron chi connectivity index (χ0n) is 12.6. The van der Waals surface area contributed by atoms with Crippen LogP contribution in [0.15, 0.2) is 24.3 Å². The molecule has 0 amide bonds. The van der Waals surface area contributed by atoms with Gasteiger partial charge in [0, 0.05) is 50.7 Å². The second kappa shape index (κ2) is 8.12. The van der Waals surface area contributed by atoms with Crippen LogP contribution in [-0.2, 0) is 4.74 Å². The molecule has 1 heterocycles. The van der Waals surface area contributed by atoms with E-state index in [1.165, 1.54) is 18.5 Å². The van der Waals surface area contributed by atoms with Crippen LogP contribution in [0.25, 0.3) is 0 Å². The Balaban J connectivity index is 1.66. The van der Waals surface area contributed by atoms with Gasteiger partial charge in [-0.3, -0.25) is 4.90 Å². The summed E-state index contributed by atoms with van der Waals surface area (Å²) in [4.78, 5) is 4.91. The monoisotopic (exact) mass is 277 g/mol. The molecule has 2 N–H and O–H groups in total. The predicted octanol–water partition coefficient (Wildman–Crippen LogP) is 2.21. The van der Waals surface area contributed by atoms with Crippen LogP contribution < -0.4 is 10.6 Å². The van der Waals surface area contributed by atoms with Gasteiger partial charge in [0.25, 0.3) is 0 Å². The second-order valence-electron chi connectivity index (χ2n) is 5.39. The van der Waals surface area contributed by atoms with E-state index in [1.54, 1.807) is 0 Å². The highest BCUT2D eigenvalue weighted by atomic mass is 16.5. The van der Waals surface area contributed by atoms with Crippen LogP contribution in [-0.4, -0.2) is 50.8 Å². The maximum atomic E-state index is 5.73. The quantitative estimate of drug-likeness (QED) is 0.613. The molecule has 0 unspecified atom stereocenters. The van der Waals surface area contributed by atoms with Crippen molar-refractivity contribution in [2.45, 2.75) is 19.8 Å². The molecular formula is C16H27N3O. The van der Waals surface area contributed by atoms with Crippen LogP contribution in [0, 0.1) is 0 Å². The number of hydrogen-bond donors (Lipinski definition) is 1. The minimum Gasteiger partial charge on any atom is -0.399 e. The highest BCUT2D eigenvalue weighted by Gasteiger charge is 2.16. The number of nitrogen functional groups attached to an aromatic ring is 1. The van der Waals surface area contributed by atoms with Crippen LogP contribution in [0.4, 0.5) is 11.4 Å². The first-order valence-corrected chi connectivity index (χ1v) is 7.70. The summed E-state index contributed by atoms with van der Waals surface area (Å²) in [5.41, 5.74) is 7.83. The van der Waals surface area contributed by atoms with Gasteiger partial charge in [-0.25, -0.2) is 0 Å². The minimum atomic E-state index is 0.830. The Bertz CT molecular complexity index is 372. The average molecular weight is 277 g/mol. The Kier molecular flexibility index (Phi) is 6.15. The first-order valence-electron chi connectivity index (χ1n) is 7.70. The number of hydrogen-bond acceptors (Lipinski definition) is 4. The molecule has 1 aromatic carbocycles. The lowest BCUT2D eigenvalue weighted by molar-refractivity contribution is 0.0994. The van der Waals surface area contributed by atoms with Crippen molar-refractivity contribution in [3.8, 4) is 0 Å². The third-order valence-corrected chi connectivity index (χ3v) is 3.82. The summed E-state index contributed by atoms with van der Waals surface area (Å²) in [6.45, 7) is 9.41. The van der Waals surface area contributed by atoms with Crippen LogP contribution in [0.2, 0.25) is 0 Å². The summed E-state index contributed by atoms with van der Waals surface area (Å²) in [6, 6.07) is 8.17. The van der Waals surface area contributed by atoms with Crippen molar-refractivity contribution in [3.63, 3.8) is 0 Å². The maximum Gasteiger partial charge on any atom is 0.0593 e. The Labute approximate surface area is 122 Å². The number of nitrogens with two attached hydrogens (primary N) is 1. The SMILES string of the molecule is CCCCOCCN1CCN(c2ccc(N)cc2)CC1. The molecule has 1 aliphatic heterocycles. The third-order valence-electron chi connectivity index (χ3n) is 3.82. The van der Waals surface area contributed by atoms with Gasteiger partial charge in [-0.1, -0.05) is 13.3 Å². The smallest absolute Gasteiger partial charge is 0.0593 e. The average Bonchev–Trinajstić information content (AvgIpc) is 2.49. The van der Waals surface area contributed by atoms with Gasteiger partial charge in [-0.05, 0) is 30.7 Å².